The SMILES string of the molecule is Cc1nc(N2CCOCC2)sc1C(=O)NNS(=O)(=O)c1cc(F)ccc1F. The molecule has 2 heterocycles. The molecule has 0 aliphatic carbocycles. The van der Waals surface area contributed by atoms with E-state index in [0.717, 1.165) is 17.4 Å². The fraction of sp³-hybridized carbons (Fsp3) is 0.333. The molecule has 2 aromatic rings. The van der Waals surface area contributed by atoms with Crippen LogP contribution in [0.2, 0.25) is 0 Å². The van der Waals surface area contributed by atoms with Crippen LogP contribution in [0.5, 0.6) is 0 Å². The summed E-state index contributed by atoms with van der Waals surface area (Å²) in [6.07, 6.45) is 0. The van der Waals surface area contributed by atoms with E-state index >= 15 is 0 Å². The number of aryl methyl sites for hydroxylation is 1. The number of morpholine rings is 1. The lowest BCUT2D eigenvalue weighted by Gasteiger charge is -2.25. The van der Waals surface area contributed by atoms with Gasteiger partial charge < -0.3 is 9.64 Å². The fourth-order valence-corrected chi connectivity index (χ4v) is 4.33. The third kappa shape index (κ3) is 4.40. The van der Waals surface area contributed by atoms with Crippen LogP contribution in [-0.4, -0.2) is 45.6 Å². The van der Waals surface area contributed by atoms with Crippen LogP contribution in [0.25, 0.3) is 0 Å². The van der Waals surface area contributed by atoms with Gasteiger partial charge in [0.25, 0.3) is 15.9 Å². The van der Waals surface area contributed by atoms with E-state index in [2.05, 4.69) is 4.98 Å². The Morgan fingerprint density at radius 3 is 2.70 bits per heavy atom. The normalized spacial score (nSPS) is 15.0. The minimum absolute atomic E-state index is 0.207. The van der Waals surface area contributed by atoms with Crippen LogP contribution < -0.4 is 15.2 Å². The Morgan fingerprint density at radius 1 is 1.30 bits per heavy atom. The number of nitrogens with zero attached hydrogens (tertiary/aromatic N) is 2. The Bertz CT molecular complexity index is 959. The second kappa shape index (κ2) is 7.84. The van der Waals surface area contributed by atoms with Gasteiger partial charge in [-0.05, 0) is 25.1 Å². The highest BCUT2D eigenvalue weighted by molar-refractivity contribution is 7.89. The number of sulfonamides is 1. The summed E-state index contributed by atoms with van der Waals surface area (Å²) in [6, 6.07) is 2.01. The van der Waals surface area contributed by atoms with Crippen molar-refractivity contribution in [3.63, 3.8) is 0 Å². The summed E-state index contributed by atoms with van der Waals surface area (Å²) in [6.45, 7) is 4.01. The van der Waals surface area contributed by atoms with E-state index in [1.54, 1.807) is 11.8 Å². The van der Waals surface area contributed by atoms with E-state index in [9.17, 15) is 22.0 Å². The number of hydrogen-bond acceptors (Lipinski definition) is 7. The predicted octanol–water partition coefficient (Wildman–Crippen LogP) is 1.19. The Labute approximate surface area is 158 Å². The zero-order chi connectivity index (χ0) is 19.6. The number of benzene rings is 1. The van der Waals surface area contributed by atoms with Crippen molar-refractivity contribution in [1.29, 1.82) is 0 Å². The van der Waals surface area contributed by atoms with Gasteiger partial charge in [0.2, 0.25) is 0 Å². The average molecular weight is 418 g/mol. The second-order valence-electron chi connectivity index (χ2n) is 5.64. The molecule has 1 saturated heterocycles. The molecule has 1 amide bonds. The molecule has 1 aliphatic heterocycles. The molecule has 1 aliphatic rings. The molecule has 1 aromatic carbocycles. The first-order valence-electron chi connectivity index (χ1n) is 7.85. The van der Waals surface area contributed by atoms with E-state index < -0.39 is 32.5 Å². The number of carbonyl (C=O) groups is 1. The number of rotatable bonds is 5. The Hall–Kier alpha value is -2.15. The molecule has 1 aromatic heterocycles. The van der Waals surface area contributed by atoms with Gasteiger partial charge in [-0.1, -0.05) is 11.3 Å². The van der Waals surface area contributed by atoms with Crippen LogP contribution in [0.3, 0.4) is 0 Å². The highest BCUT2D eigenvalue weighted by Gasteiger charge is 2.24. The van der Waals surface area contributed by atoms with Crippen LogP contribution in [0.15, 0.2) is 23.1 Å². The van der Waals surface area contributed by atoms with Crippen molar-refractivity contribution < 1.29 is 26.7 Å². The summed E-state index contributed by atoms with van der Waals surface area (Å²) in [7, 11) is -4.48. The summed E-state index contributed by atoms with van der Waals surface area (Å²) in [5.74, 6) is -2.80. The van der Waals surface area contributed by atoms with E-state index in [1.807, 2.05) is 10.3 Å². The van der Waals surface area contributed by atoms with Gasteiger partial charge in [0.1, 0.15) is 21.4 Å². The van der Waals surface area contributed by atoms with Crippen LogP contribution >= 0.6 is 11.3 Å². The summed E-state index contributed by atoms with van der Waals surface area (Å²) >= 11 is 1.10. The maximum absolute atomic E-state index is 13.7. The van der Waals surface area contributed by atoms with Crippen LogP contribution in [0.1, 0.15) is 15.4 Å². The third-order valence-electron chi connectivity index (χ3n) is 3.75. The van der Waals surface area contributed by atoms with Crippen LogP contribution in [-0.2, 0) is 14.8 Å². The molecule has 0 saturated carbocycles. The number of anilines is 1. The number of carbonyl (C=O) groups excluding carboxylic acids is 1. The number of halogens is 2. The van der Waals surface area contributed by atoms with Crippen molar-refractivity contribution in [1.82, 2.24) is 15.2 Å². The Morgan fingerprint density at radius 2 is 2.00 bits per heavy atom. The first kappa shape index (κ1) is 19.6. The van der Waals surface area contributed by atoms with E-state index in [4.69, 9.17) is 4.74 Å². The molecule has 0 spiro atoms. The molecule has 0 atom stereocenters. The van der Waals surface area contributed by atoms with Gasteiger partial charge in [-0.15, -0.1) is 4.83 Å². The topological polar surface area (TPSA) is 101 Å². The first-order valence-corrected chi connectivity index (χ1v) is 10.2. The lowest BCUT2D eigenvalue weighted by molar-refractivity contribution is 0.0948. The van der Waals surface area contributed by atoms with Gasteiger partial charge in [-0.3, -0.25) is 10.2 Å². The van der Waals surface area contributed by atoms with Gasteiger partial charge in [0.15, 0.2) is 5.13 Å². The second-order valence-corrected chi connectivity index (χ2v) is 8.27. The lowest BCUT2D eigenvalue weighted by Crippen LogP contribution is -2.41. The Balaban J connectivity index is 1.72. The third-order valence-corrected chi connectivity index (χ3v) is 6.23. The summed E-state index contributed by atoms with van der Waals surface area (Å²) in [5, 5.41) is 0.625. The van der Waals surface area contributed by atoms with Crippen molar-refractivity contribution >= 4 is 32.4 Å². The van der Waals surface area contributed by atoms with Gasteiger partial charge in [-0.25, -0.2) is 22.2 Å². The van der Waals surface area contributed by atoms with E-state index in [1.165, 1.54) is 0 Å². The first-order chi connectivity index (χ1) is 12.8. The molecule has 27 heavy (non-hydrogen) atoms. The van der Waals surface area contributed by atoms with Gasteiger partial charge in [-0.2, -0.15) is 0 Å². The van der Waals surface area contributed by atoms with E-state index in [-0.39, 0.29) is 4.88 Å². The molecular weight excluding hydrogens is 402 g/mol. The fourth-order valence-electron chi connectivity index (χ4n) is 2.39. The molecule has 12 heteroatoms. The predicted molar refractivity (Wildman–Crippen MR) is 94.0 cm³/mol. The van der Waals surface area contributed by atoms with Crippen molar-refractivity contribution in [3.05, 3.63) is 40.4 Å². The zero-order valence-corrected chi connectivity index (χ0v) is 15.8. The maximum atomic E-state index is 13.7. The van der Waals surface area contributed by atoms with Gasteiger partial charge in [0.05, 0.1) is 18.9 Å². The highest BCUT2D eigenvalue weighted by Crippen LogP contribution is 2.26. The van der Waals surface area contributed by atoms with Crippen molar-refractivity contribution in [3.8, 4) is 0 Å². The Kier molecular flexibility index (Phi) is 5.69. The van der Waals surface area contributed by atoms with Crippen molar-refractivity contribution in [2.75, 3.05) is 31.2 Å². The molecule has 2 N–H and O–H groups in total. The number of hydrogen-bond donors (Lipinski definition) is 2. The zero-order valence-electron chi connectivity index (χ0n) is 14.2. The minimum atomic E-state index is -4.48. The molecular formula is C15H16F2N4O4S2. The maximum Gasteiger partial charge on any atom is 0.278 e. The number of hydrazine groups is 1. The molecule has 0 bridgehead atoms. The summed E-state index contributed by atoms with van der Waals surface area (Å²) < 4.78 is 56.4. The number of nitrogens with one attached hydrogen (secondary N) is 2. The summed E-state index contributed by atoms with van der Waals surface area (Å²) in [4.78, 5) is 19.7. The highest BCUT2D eigenvalue weighted by atomic mass is 32.2. The molecule has 8 nitrogen and oxygen atoms in total. The largest absolute Gasteiger partial charge is 0.378 e. The van der Waals surface area contributed by atoms with Crippen molar-refractivity contribution in [2.45, 2.75) is 11.8 Å². The van der Waals surface area contributed by atoms with Gasteiger partial charge in [0, 0.05) is 13.1 Å². The number of aromatic nitrogens is 1. The molecule has 0 radical (unpaired) electrons. The lowest BCUT2D eigenvalue weighted by atomic mass is 10.3. The standard InChI is InChI=1S/C15H16F2N4O4S2/c1-9-13(26-15(18-9)21-4-6-25-7-5-21)14(22)19-20-27(23,24)12-8-10(16)2-3-11(12)17/h2-3,8,20H,4-7H2,1H3,(H,19,22). The van der Waals surface area contributed by atoms with Crippen LogP contribution in [0.4, 0.5) is 13.9 Å². The summed E-state index contributed by atoms with van der Waals surface area (Å²) in [5.41, 5.74) is 2.43. The smallest absolute Gasteiger partial charge is 0.278 e. The average Bonchev–Trinajstić information content (AvgIpc) is 3.04. The van der Waals surface area contributed by atoms with Crippen LogP contribution in [0, 0.1) is 18.6 Å². The molecule has 146 valence electrons. The number of ether oxygens (including phenoxy) is 1. The van der Waals surface area contributed by atoms with Crippen molar-refractivity contribution in [2.24, 2.45) is 0 Å². The molecule has 0 unspecified atom stereocenters. The molecule has 1 fully saturated rings. The van der Waals surface area contributed by atoms with Gasteiger partial charge >= 0.3 is 0 Å². The minimum Gasteiger partial charge on any atom is -0.378 e. The molecule has 3 rings (SSSR count). The number of thiazole rings is 1. The van der Waals surface area contributed by atoms with E-state index in [0.29, 0.717) is 49.3 Å². The quantitative estimate of drug-likeness (QED) is 0.708. The monoisotopic (exact) mass is 418 g/mol. The number of amides is 1.